The lowest BCUT2D eigenvalue weighted by Gasteiger charge is -2.24. The summed E-state index contributed by atoms with van der Waals surface area (Å²) in [6.45, 7) is 5.35. The van der Waals surface area contributed by atoms with Crippen LogP contribution < -0.4 is 10.6 Å². The van der Waals surface area contributed by atoms with E-state index >= 15 is 0 Å². The van der Waals surface area contributed by atoms with E-state index in [2.05, 4.69) is 17.6 Å². The van der Waals surface area contributed by atoms with Gasteiger partial charge in [-0.25, -0.2) is 0 Å². The lowest BCUT2D eigenvalue weighted by Crippen LogP contribution is -2.42. The average Bonchev–Trinajstić information content (AvgIpc) is 2.85. The van der Waals surface area contributed by atoms with Crippen LogP contribution in [0.4, 0.5) is 0 Å². The summed E-state index contributed by atoms with van der Waals surface area (Å²) >= 11 is 0. The fourth-order valence-corrected chi connectivity index (χ4v) is 2.27. The number of rotatable bonds is 3. The molecule has 0 aromatic carbocycles. The highest BCUT2D eigenvalue weighted by Crippen LogP contribution is 2.24. The highest BCUT2D eigenvalue weighted by molar-refractivity contribution is 5.85. The molecule has 2 atom stereocenters. The second-order valence-electron chi connectivity index (χ2n) is 4.81. The smallest absolute Gasteiger partial charge is 0.224 e. The second-order valence-corrected chi connectivity index (χ2v) is 4.81. The van der Waals surface area contributed by atoms with E-state index in [-0.39, 0.29) is 29.8 Å². The average molecular weight is 249 g/mol. The fraction of sp³-hybridized carbons (Fsp3) is 0.909. The molecule has 2 N–H and O–H groups in total. The number of nitrogens with one attached hydrogen (secondary N) is 2. The van der Waals surface area contributed by atoms with Gasteiger partial charge in [-0.1, -0.05) is 0 Å². The van der Waals surface area contributed by atoms with Crippen LogP contribution in [0, 0.1) is 5.92 Å². The van der Waals surface area contributed by atoms with E-state index in [1.54, 1.807) is 0 Å². The Morgan fingerprint density at radius 3 is 3.00 bits per heavy atom. The minimum atomic E-state index is -0.123. The number of hydrogen-bond donors (Lipinski definition) is 2. The van der Waals surface area contributed by atoms with Gasteiger partial charge in [0, 0.05) is 19.7 Å². The number of carbonyl (C=O) groups is 1. The summed E-state index contributed by atoms with van der Waals surface area (Å²) in [6.07, 6.45) is 3.12. The van der Waals surface area contributed by atoms with E-state index < -0.39 is 0 Å². The highest BCUT2D eigenvalue weighted by atomic mass is 35.5. The molecule has 2 saturated heterocycles. The first-order valence-electron chi connectivity index (χ1n) is 5.82. The van der Waals surface area contributed by atoms with Crippen LogP contribution in [0.25, 0.3) is 0 Å². The van der Waals surface area contributed by atoms with Gasteiger partial charge in [-0.2, -0.15) is 0 Å². The summed E-state index contributed by atoms with van der Waals surface area (Å²) in [7, 11) is 0. The summed E-state index contributed by atoms with van der Waals surface area (Å²) in [5, 5.41) is 6.20. The molecular formula is C11H21ClN2O2. The maximum Gasteiger partial charge on any atom is 0.224 e. The predicted octanol–water partition coefficient (Wildman–Crippen LogP) is 0.703. The minimum Gasteiger partial charge on any atom is -0.373 e. The van der Waals surface area contributed by atoms with Crippen LogP contribution >= 0.6 is 12.4 Å². The molecule has 0 aromatic rings. The van der Waals surface area contributed by atoms with E-state index in [9.17, 15) is 4.79 Å². The Morgan fingerprint density at radius 1 is 1.62 bits per heavy atom. The van der Waals surface area contributed by atoms with E-state index in [1.165, 1.54) is 0 Å². The molecule has 16 heavy (non-hydrogen) atoms. The Labute approximate surface area is 103 Å². The van der Waals surface area contributed by atoms with Crippen LogP contribution in [0.5, 0.6) is 0 Å². The third kappa shape index (κ3) is 3.34. The molecule has 0 aliphatic carbocycles. The maximum absolute atomic E-state index is 11.7. The Bertz CT molecular complexity index is 236. The Hall–Kier alpha value is -0.320. The van der Waals surface area contributed by atoms with Crippen molar-refractivity contribution in [3.63, 3.8) is 0 Å². The normalized spacial score (nSPS) is 33.4. The lowest BCUT2D eigenvalue weighted by atomic mass is 10.0. The van der Waals surface area contributed by atoms with Gasteiger partial charge in [0.1, 0.15) is 0 Å². The van der Waals surface area contributed by atoms with E-state index in [1.807, 2.05) is 0 Å². The molecule has 0 saturated carbocycles. The third-order valence-corrected chi connectivity index (χ3v) is 3.37. The monoisotopic (exact) mass is 248 g/mol. The first kappa shape index (κ1) is 13.7. The van der Waals surface area contributed by atoms with Crippen molar-refractivity contribution in [3.8, 4) is 0 Å². The van der Waals surface area contributed by atoms with Gasteiger partial charge in [0.25, 0.3) is 0 Å². The summed E-state index contributed by atoms with van der Waals surface area (Å²) in [5.74, 6) is 0.340. The van der Waals surface area contributed by atoms with Crippen molar-refractivity contribution in [2.24, 2.45) is 5.92 Å². The molecule has 4 nitrogen and oxygen atoms in total. The largest absolute Gasteiger partial charge is 0.373 e. The number of amides is 1. The van der Waals surface area contributed by atoms with Crippen LogP contribution in [0.1, 0.15) is 26.2 Å². The van der Waals surface area contributed by atoms with Crippen LogP contribution in [-0.4, -0.2) is 37.7 Å². The molecule has 5 heteroatoms. The zero-order valence-corrected chi connectivity index (χ0v) is 10.6. The van der Waals surface area contributed by atoms with E-state index in [4.69, 9.17) is 4.74 Å². The molecule has 0 aromatic heterocycles. The molecule has 2 heterocycles. The minimum absolute atomic E-state index is 0. The van der Waals surface area contributed by atoms with E-state index in [0.717, 1.165) is 39.0 Å². The fourth-order valence-electron chi connectivity index (χ4n) is 2.27. The van der Waals surface area contributed by atoms with Crippen molar-refractivity contribution in [2.75, 3.05) is 26.2 Å². The molecule has 1 amide bonds. The lowest BCUT2D eigenvalue weighted by molar-refractivity contribution is -0.125. The number of ether oxygens (including phenoxy) is 1. The van der Waals surface area contributed by atoms with Gasteiger partial charge in [0.2, 0.25) is 5.91 Å². The Kier molecular flexibility index (Phi) is 5.02. The molecule has 2 rings (SSSR count). The standard InChI is InChI=1S/C11H20N2O2.ClH/c1-11(4-2-6-15-11)8-13-10(14)9-3-5-12-7-9;/h9,12H,2-8H2,1H3,(H,13,14);1H. The van der Waals surface area contributed by atoms with Gasteiger partial charge in [0.05, 0.1) is 11.5 Å². The van der Waals surface area contributed by atoms with Crippen molar-refractivity contribution in [1.29, 1.82) is 0 Å². The van der Waals surface area contributed by atoms with Crippen LogP contribution in [-0.2, 0) is 9.53 Å². The van der Waals surface area contributed by atoms with Crippen molar-refractivity contribution in [2.45, 2.75) is 31.8 Å². The van der Waals surface area contributed by atoms with E-state index in [0.29, 0.717) is 6.54 Å². The van der Waals surface area contributed by atoms with Gasteiger partial charge < -0.3 is 15.4 Å². The maximum atomic E-state index is 11.7. The Balaban J connectivity index is 0.00000128. The Morgan fingerprint density at radius 2 is 2.44 bits per heavy atom. The van der Waals surface area contributed by atoms with Gasteiger partial charge in [0.15, 0.2) is 0 Å². The zero-order valence-electron chi connectivity index (χ0n) is 9.75. The van der Waals surface area contributed by atoms with Gasteiger partial charge in [-0.15, -0.1) is 12.4 Å². The van der Waals surface area contributed by atoms with Crippen molar-refractivity contribution in [3.05, 3.63) is 0 Å². The molecule has 2 fully saturated rings. The molecule has 0 spiro atoms. The summed E-state index contributed by atoms with van der Waals surface area (Å²) in [5.41, 5.74) is -0.123. The molecule has 0 radical (unpaired) electrons. The number of hydrogen-bond acceptors (Lipinski definition) is 3. The predicted molar refractivity (Wildman–Crippen MR) is 64.8 cm³/mol. The van der Waals surface area contributed by atoms with Gasteiger partial charge >= 0.3 is 0 Å². The molecule has 0 bridgehead atoms. The molecule has 94 valence electrons. The number of halogens is 1. The SMILES string of the molecule is CC1(CNC(=O)C2CCNC2)CCCO1.Cl. The first-order valence-corrected chi connectivity index (χ1v) is 5.82. The zero-order chi connectivity index (χ0) is 10.7. The van der Waals surface area contributed by atoms with Crippen LogP contribution in [0.15, 0.2) is 0 Å². The van der Waals surface area contributed by atoms with Crippen molar-refractivity contribution in [1.82, 2.24) is 10.6 Å². The summed E-state index contributed by atoms with van der Waals surface area (Å²) in [4.78, 5) is 11.7. The molecule has 2 aliphatic rings. The van der Waals surface area contributed by atoms with Crippen molar-refractivity contribution < 1.29 is 9.53 Å². The van der Waals surface area contributed by atoms with Crippen LogP contribution in [0.2, 0.25) is 0 Å². The topological polar surface area (TPSA) is 50.4 Å². The molecule has 2 aliphatic heterocycles. The number of carbonyl (C=O) groups excluding carboxylic acids is 1. The first-order chi connectivity index (χ1) is 7.20. The van der Waals surface area contributed by atoms with Crippen LogP contribution in [0.3, 0.4) is 0 Å². The molecule has 2 unspecified atom stereocenters. The second kappa shape index (κ2) is 5.84. The third-order valence-electron chi connectivity index (χ3n) is 3.37. The quantitative estimate of drug-likeness (QED) is 0.773. The van der Waals surface area contributed by atoms with Crippen molar-refractivity contribution >= 4 is 18.3 Å². The van der Waals surface area contributed by atoms with Gasteiger partial charge in [-0.05, 0) is 32.7 Å². The molecular weight excluding hydrogens is 228 g/mol. The van der Waals surface area contributed by atoms with Gasteiger partial charge in [-0.3, -0.25) is 4.79 Å². The highest BCUT2D eigenvalue weighted by Gasteiger charge is 2.31. The summed E-state index contributed by atoms with van der Waals surface area (Å²) < 4.78 is 5.62. The summed E-state index contributed by atoms with van der Waals surface area (Å²) in [6, 6.07) is 0.